The fourth-order valence-electron chi connectivity index (χ4n) is 3.68. The second kappa shape index (κ2) is 6.22. The summed E-state index contributed by atoms with van der Waals surface area (Å²) in [4.78, 5) is 0. The van der Waals surface area contributed by atoms with E-state index in [-0.39, 0.29) is 6.10 Å². The standard InChI is InChI=1S/C17H24N2OS/c1-11(2)20-15-5-3-4-14(10-15)18-17(21)19-16-9-12-6-7-13(16)8-12/h3-5,10-13,16H,6-9H2,1-2H3,(H2,18,19,21)/t12-,13+,16+/m0/s1. The molecule has 0 aromatic heterocycles. The summed E-state index contributed by atoms with van der Waals surface area (Å²) in [6.45, 7) is 4.06. The molecule has 0 amide bonds. The molecule has 0 aliphatic heterocycles. The van der Waals surface area contributed by atoms with Crippen molar-refractivity contribution in [1.29, 1.82) is 0 Å². The molecule has 2 bridgehead atoms. The Balaban J connectivity index is 1.55. The lowest BCUT2D eigenvalue weighted by atomic mass is 9.96. The van der Waals surface area contributed by atoms with Crippen LogP contribution in [0.3, 0.4) is 0 Å². The molecule has 0 radical (unpaired) electrons. The molecular formula is C17H24N2OS. The third kappa shape index (κ3) is 3.67. The number of fused-ring (bicyclic) bond motifs is 2. The second-order valence-electron chi connectivity index (χ2n) is 6.57. The van der Waals surface area contributed by atoms with Crippen LogP contribution in [0, 0.1) is 11.8 Å². The van der Waals surface area contributed by atoms with Crippen molar-refractivity contribution in [3.8, 4) is 5.75 Å². The number of thiocarbonyl (C=S) groups is 1. The molecule has 4 heteroatoms. The summed E-state index contributed by atoms with van der Waals surface area (Å²) in [6.07, 6.45) is 5.63. The van der Waals surface area contributed by atoms with Crippen molar-refractivity contribution in [1.82, 2.24) is 5.32 Å². The molecule has 2 N–H and O–H groups in total. The van der Waals surface area contributed by atoms with Gasteiger partial charge >= 0.3 is 0 Å². The van der Waals surface area contributed by atoms with Crippen molar-refractivity contribution < 1.29 is 4.74 Å². The van der Waals surface area contributed by atoms with Crippen LogP contribution < -0.4 is 15.4 Å². The Morgan fingerprint density at radius 1 is 1.29 bits per heavy atom. The van der Waals surface area contributed by atoms with E-state index < -0.39 is 0 Å². The number of benzene rings is 1. The van der Waals surface area contributed by atoms with Crippen molar-refractivity contribution in [2.24, 2.45) is 11.8 Å². The summed E-state index contributed by atoms with van der Waals surface area (Å²) in [5.41, 5.74) is 0.980. The van der Waals surface area contributed by atoms with Gasteiger partial charge in [-0.25, -0.2) is 0 Å². The first kappa shape index (κ1) is 14.6. The Morgan fingerprint density at radius 2 is 2.14 bits per heavy atom. The summed E-state index contributed by atoms with van der Waals surface area (Å²) in [5, 5.41) is 7.51. The fourth-order valence-corrected chi connectivity index (χ4v) is 3.95. The first-order valence-electron chi connectivity index (χ1n) is 7.94. The molecule has 0 heterocycles. The van der Waals surface area contributed by atoms with Crippen LogP contribution in [-0.4, -0.2) is 17.3 Å². The maximum absolute atomic E-state index is 5.71. The van der Waals surface area contributed by atoms with Crippen LogP contribution in [0.4, 0.5) is 5.69 Å². The van der Waals surface area contributed by atoms with Gasteiger partial charge < -0.3 is 15.4 Å². The Bertz CT molecular complexity index is 517. The van der Waals surface area contributed by atoms with Gasteiger partial charge in [0.1, 0.15) is 5.75 Å². The van der Waals surface area contributed by atoms with Gasteiger partial charge in [0.15, 0.2) is 5.11 Å². The molecule has 1 aromatic carbocycles. The molecule has 114 valence electrons. The van der Waals surface area contributed by atoms with Crippen molar-refractivity contribution in [2.45, 2.75) is 51.7 Å². The van der Waals surface area contributed by atoms with Gasteiger partial charge in [0.2, 0.25) is 0 Å². The third-order valence-corrected chi connectivity index (χ3v) is 4.74. The van der Waals surface area contributed by atoms with Crippen LogP contribution >= 0.6 is 12.2 Å². The van der Waals surface area contributed by atoms with Gasteiger partial charge in [0.25, 0.3) is 0 Å². The van der Waals surface area contributed by atoms with E-state index in [0.717, 1.165) is 28.4 Å². The van der Waals surface area contributed by atoms with Crippen LogP contribution in [0.1, 0.15) is 39.5 Å². The molecule has 21 heavy (non-hydrogen) atoms. The molecule has 0 spiro atoms. The summed E-state index contributed by atoms with van der Waals surface area (Å²) >= 11 is 5.46. The molecule has 1 aromatic rings. The van der Waals surface area contributed by atoms with E-state index in [9.17, 15) is 0 Å². The highest BCUT2D eigenvalue weighted by Crippen LogP contribution is 2.44. The van der Waals surface area contributed by atoms with Crippen molar-refractivity contribution in [3.63, 3.8) is 0 Å². The fraction of sp³-hybridized carbons (Fsp3) is 0.588. The molecule has 2 aliphatic carbocycles. The number of anilines is 1. The zero-order valence-corrected chi connectivity index (χ0v) is 13.6. The van der Waals surface area contributed by atoms with Gasteiger partial charge in [0, 0.05) is 17.8 Å². The topological polar surface area (TPSA) is 33.3 Å². The monoisotopic (exact) mass is 304 g/mol. The number of hydrogen-bond donors (Lipinski definition) is 2. The SMILES string of the molecule is CC(C)Oc1cccc(NC(=S)N[C@@H]2C[C@H]3CC[C@@H]2C3)c1. The van der Waals surface area contributed by atoms with E-state index in [1.807, 2.05) is 38.1 Å². The lowest BCUT2D eigenvalue weighted by Crippen LogP contribution is -2.40. The third-order valence-electron chi connectivity index (χ3n) is 4.52. The van der Waals surface area contributed by atoms with Crippen LogP contribution in [0.15, 0.2) is 24.3 Å². The van der Waals surface area contributed by atoms with Gasteiger partial charge in [-0.2, -0.15) is 0 Å². The van der Waals surface area contributed by atoms with Gasteiger partial charge in [-0.05, 0) is 69.3 Å². The average molecular weight is 304 g/mol. The number of rotatable bonds is 4. The quantitative estimate of drug-likeness (QED) is 0.825. The summed E-state index contributed by atoms with van der Waals surface area (Å²) in [6, 6.07) is 8.54. The lowest BCUT2D eigenvalue weighted by Gasteiger charge is -2.24. The first-order chi connectivity index (χ1) is 10.1. The van der Waals surface area contributed by atoms with E-state index >= 15 is 0 Å². The van der Waals surface area contributed by atoms with E-state index in [4.69, 9.17) is 17.0 Å². The molecule has 2 fully saturated rings. The Morgan fingerprint density at radius 3 is 2.81 bits per heavy atom. The predicted molar refractivity (Wildman–Crippen MR) is 90.8 cm³/mol. The van der Waals surface area contributed by atoms with Crippen molar-refractivity contribution >= 4 is 23.0 Å². The average Bonchev–Trinajstić information content (AvgIpc) is 3.00. The number of hydrogen-bond acceptors (Lipinski definition) is 2. The highest BCUT2D eigenvalue weighted by molar-refractivity contribution is 7.80. The van der Waals surface area contributed by atoms with E-state index in [1.54, 1.807) is 0 Å². The number of ether oxygens (including phenoxy) is 1. The van der Waals surface area contributed by atoms with Gasteiger partial charge in [-0.3, -0.25) is 0 Å². The molecule has 3 rings (SSSR count). The summed E-state index contributed by atoms with van der Waals surface area (Å²) in [7, 11) is 0. The Labute approximate surface area is 132 Å². The van der Waals surface area contributed by atoms with E-state index in [1.165, 1.54) is 25.7 Å². The predicted octanol–water partition coefficient (Wildman–Crippen LogP) is 3.95. The minimum atomic E-state index is 0.180. The Hall–Kier alpha value is -1.29. The van der Waals surface area contributed by atoms with Crippen LogP contribution in [-0.2, 0) is 0 Å². The summed E-state index contributed by atoms with van der Waals surface area (Å²) in [5.74, 6) is 2.63. The van der Waals surface area contributed by atoms with Gasteiger partial charge in [0.05, 0.1) is 6.10 Å². The van der Waals surface area contributed by atoms with Gasteiger partial charge in [-0.15, -0.1) is 0 Å². The van der Waals surface area contributed by atoms with E-state index in [0.29, 0.717) is 6.04 Å². The zero-order chi connectivity index (χ0) is 14.8. The van der Waals surface area contributed by atoms with E-state index in [2.05, 4.69) is 10.6 Å². The smallest absolute Gasteiger partial charge is 0.171 e. The van der Waals surface area contributed by atoms with Crippen molar-refractivity contribution in [2.75, 3.05) is 5.32 Å². The highest BCUT2D eigenvalue weighted by Gasteiger charge is 2.39. The number of nitrogens with one attached hydrogen (secondary N) is 2. The largest absolute Gasteiger partial charge is 0.491 e. The van der Waals surface area contributed by atoms with Crippen LogP contribution in [0.25, 0.3) is 0 Å². The first-order valence-corrected chi connectivity index (χ1v) is 8.35. The summed E-state index contributed by atoms with van der Waals surface area (Å²) < 4.78 is 5.71. The normalized spacial score (nSPS) is 26.9. The van der Waals surface area contributed by atoms with Crippen LogP contribution in [0.5, 0.6) is 5.75 Å². The molecule has 0 unspecified atom stereocenters. The highest BCUT2D eigenvalue weighted by atomic mass is 32.1. The molecule has 0 saturated heterocycles. The minimum Gasteiger partial charge on any atom is -0.491 e. The van der Waals surface area contributed by atoms with Crippen LogP contribution in [0.2, 0.25) is 0 Å². The molecule has 2 saturated carbocycles. The minimum absolute atomic E-state index is 0.180. The second-order valence-corrected chi connectivity index (χ2v) is 6.98. The maximum Gasteiger partial charge on any atom is 0.171 e. The molecule has 3 nitrogen and oxygen atoms in total. The van der Waals surface area contributed by atoms with Gasteiger partial charge in [-0.1, -0.05) is 12.5 Å². The molecular weight excluding hydrogens is 280 g/mol. The zero-order valence-electron chi connectivity index (χ0n) is 12.8. The maximum atomic E-state index is 5.71. The van der Waals surface area contributed by atoms with Crippen molar-refractivity contribution in [3.05, 3.63) is 24.3 Å². The lowest BCUT2D eigenvalue weighted by molar-refractivity contribution is 0.242. The Kier molecular flexibility index (Phi) is 4.34. The molecule has 2 aliphatic rings. The molecule has 3 atom stereocenters.